The lowest BCUT2D eigenvalue weighted by molar-refractivity contribution is 0.0649. The number of carbonyl (C=O) groups is 1. The standard InChI is InChI=1S/C25H27N5O/c1-17-5-4-6-20(9-17)24(31)29-15-18(11-25(29,2)3)16-30-23-8-7-19(10-21(23)14-28-30)22-12-26-27-13-22/h4-10,12-14,18H,11,15-16H2,1-3H3,(H,26,27). The van der Waals surface area contributed by atoms with Crippen LogP contribution in [0, 0.1) is 12.8 Å². The van der Waals surface area contributed by atoms with Gasteiger partial charge in [-0.15, -0.1) is 0 Å². The van der Waals surface area contributed by atoms with Gasteiger partial charge in [-0.3, -0.25) is 14.6 Å². The molecule has 0 radical (unpaired) electrons. The highest BCUT2D eigenvalue weighted by atomic mass is 16.2. The highest BCUT2D eigenvalue weighted by Gasteiger charge is 2.41. The second kappa shape index (κ2) is 7.38. The largest absolute Gasteiger partial charge is 0.333 e. The second-order valence-electron chi connectivity index (χ2n) is 9.26. The van der Waals surface area contributed by atoms with Crippen molar-refractivity contribution in [1.82, 2.24) is 24.9 Å². The van der Waals surface area contributed by atoms with Gasteiger partial charge in [0.15, 0.2) is 0 Å². The van der Waals surface area contributed by atoms with Crippen LogP contribution in [0.25, 0.3) is 22.0 Å². The molecule has 31 heavy (non-hydrogen) atoms. The van der Waals surface area contributed by atoms with Gasteiger partial charge in [-0.05, 0) is 62.9 Å². The zero-order valence-electron chi connectivity index (χ0n) is 18.2. The van der Waals surface area contributed by atoms with Gasteiger partial charge < -0.3 is 4.90 Å². The first-order valence-electron chi connectivity index (χ1n) is 10.7. The van der Waals surface area contributed by atoms with E-state index in [4.69, 9.17) is 0 Å². The van der Waals surface area contributed by atoms with Crippen molar-refractivity contribution in [3.63, 3.8) is 0 Å². The molecule has 1 N–H and O–H groups in total. The number of rotatable bonds is 4. The first kappa shape index (κ1) is 19.5. The summed E-state index contributed by atoms with van der Waals surface area (Å²) in [7, 11) is 0. The average molecular weight is 414 g/mol. The number of H-pyrrole nitrogens is 1. The van der Waals surface area contributed by atoms with Crippen LogP contribution in [-0.4, -0.2) is 42.9 Å². The summed E-state index contributed by atoms with van der Waals surface area (Å²) in [5.74, 6) is 0.478. The summed E-state index contributed by atoms with van der Waals surface area (Å²) in [6.07, 6.45) is 6.60. The van der Waals surface area contributed by atoms with E-state index in [1.165, 1.54) is 0 Å². The zero-order chi connectivity index (χ0) is 21.6. The van der Waals surface area contributed by atoms with Gasteiger partial charge in [0.1, 0.15) is 0 Å². The molecule has 3 heterocycles. The highest BCUT2D eigenvalue weighted by Crippen LogP contribution is 2.35. The lowest BCUT2D eigenvalue weighted by Crippen LogP contribution is -2.42. The molecule has 2 aromatic carbocycles. The number of fused-ring (bicyclic) bond motifs is 1. The molecule has 2 aromatic heterocycles. The minimum atomic E-state index is -0.178. The van der Waals surface area contributed by atoms with Crippen molar-refractivity contribution in [3.8, 4) is 11.1 Å². The van der Waals surface area contributed by atoms with Crippen molar-refractivity contribution < 1.29 is 4.79 Å². The minimum Gasteiger partial charge on any atom is -0.333 e. The van der Waals surface area contributed by atoms with E-state index in [9.17, 15) is 4.79 Å². The van der Waals surface area contributed by atoms with Crippen molar-refractivity contribution in [3.05, 3.63) is 72.2 Å². The number of benzene rings is 2. The molecular weight excluding hydrogens is 386 g/mol. The summed E-state index contributed by atoms with van der Waals surface area (Å²) in [6.45, 7) is 7.90. The Hall–Kier alpha value is -3.41. The maximum atomic E-state index is 13.2. The number of amides is 1. The summed E-state index contributed by atoms with van der Waals surface area (Å²) < 4.78 is 2.08. The van der Waals surface area contributed by atoms with E-state index in [0.29, 0.717) is 5.92 Å². The van der Waals surface area contributed by atoms with Gasteiger partial charge in [0.2, 0.25) is 0 Å². The number of nitrogens with zero attached hydrogens (tertiary/aromatic N) is 4. The van der Waals surface area contributed by atoms with Crippen LogP contribution in [0.1, 0.15) is 36.2 Å². The number of nitrogens with one attached hydrogen (secondary N) is 1. The lowest BCUT2D eigenvalue weighted by Gasteiger charge is -2.31. The molecule has 1 aliphatic rings. The Morgan fingerprint density at radius 2 is 2.03 bits per heavy atom. The molecule has 1 unspecified atom stereocenters. The van der Waals surface area contributed by atoms with E-state index >= 15 is 0 Å². The normalized spacial score (nSPS) is 18.0. The fraction of sp³-hybridized carbons (Fsp3) is 0.320. The molecule has 6 heteroatoms. The van der Waals surface area contributed by atoms with Crippen LogP contribution in [0.5, 0.6) is 0 Å². The smallest absolute Gasteiger partial charge is 0.254 e. The first-order valence-corrected chi connectivity index (χ1v) is 10.7. The number of aromatic amines is 1. The molecule has 6 nitrogen and oxygen atoms in total. The molecule has 0 saturated carbocycles. The molecule has 0 bridgehead atoms. The molecule has 4 aromatic rings. The Morgan fingerprint density at radius 3 is 2.81 bits per heavy atom. The van der Waals surface area contributed by atoms with Gasteiger partial charge in [-0.25, -0.2) is 0 Å². The average Bonchev–Trinajstić information content (AvgIpc) is 3.47. The SMILES string of the molecule is Cc1cccc(C(=O)N2CC(Cn3ncc4cc(-c5cn[nH]c5)ccc43)CC2(C)C)c1. The number of aromatic nitrogens is 4. The van der Waals surface area contributed by atoms with Crippen molar-refractivity contribution in [2.24, 2.45) is 5.92 Å². The Labute approximate surface area is 181 Å². The second-order valence-corrected chi connectivity index (χ2v) is 9.26. The summed E-state index contributed by atoms with van der Waals surface area (Å²) >= 11 is 0. The van der Waals surface area contributed by atoms with Crippen LogP contribution in [-0.2, 0) is 6.54 Å². The molecule has 1 atom stereocenters. The van der Waals surface area contributed by atoms with E-state index in [1.54, 1.807) is 0 Å². The van der Waals surface area contributed by atoms with Gasteiger partial charge >= 0.3 is 0 Å². The van der Waals surface area contributed by atoms with Gasteiger partial charge in [0, 0.05) is 41.3 Å². The maximum absolute atomic E-state index is 13.2. The third-order valence-electron chi connectivity index (χ3n) is 6.37. The molecule has 0 aliphatic carbocycles. The van der Waals surface area contributed by atoms with Crippen LogP contribution < -0.4 is 0 Å². The van der Waals surface area contributed by atoms with Crippen molar-refractivity contribution in [1.29, 1.82) is 0 Å². The van der Waals surface area contributed by atoms with Crippen LogP contribution in [0.15, 0.2) is 61.1 Å². The Morgan fingerprint density at radius 1 is 1.16 bits per heavy atom. The monoisotopic (exact) mass is 413 g/mol. The molecule has 0 spiro atoms. The van der Waals surface area contributed by atoms with E-state index in [-0.39, 0.29) is 11.4 Å². The van der Waals surface area contributed by atoms with Gasteiger partial charge in [-0.1, -0.05) is 23.8 Å². The zero-order valence-corrected chi connectivity index (χ0v) is 18.2. The molecular formula is C25H27N5O. The van der Waals surface area contributed by atoms with Gasteiger partial charge in [-0.2, -0.15) is 10.2 Å². The lowest BCUT2D eigenvalue weighted by atomic mass is 9.96. The minimum absolute atomic E-state index is 0.117. The Bertz CT molecular complexity index is 1240. The number of carbonyl (C=O) groups excluding carboxylic acids is 1. The number of likely N-dealkylation sites (tertiary alicyclic amines) is 1. The third kappa shape index (κ3) is 3.63. The molecule has 1 aliphatic heterocycles. The summed E-state index contributed by atoms with van der Waals surface area (Å²) in [5.41, 5.74) is 5.01. The summed E-state index contributed by atoms with van der Waals surface area (Å²) in [5, 5.41) is 12.7. The fourth-order valence-electron chi connectivity index (χ4n) is 4.87. The molecule has 1 fully saturated rings. The summed E-state index contributed by atoms with van der Waals surface area (Å²) in [6, 6.07) is 14.3. The van der Waals surface area contributed by atoms with Crippen molar-refractivity contribution >= 4 is 16.8 Å². The third-order valence-corrected chi connectivity index (χ3v) is 6.37. The maximum Gasteiger partial charge on any atom is 0.254 e. The quantitative estimate of drug-likeness (QED) is 0.528. The Balaban J connectivity index is 1.36. The molecule has 5 rings (SSSR count). The van der Waals surface area contributed by atoms with Gasteiger partial charge in [0.05, 0.1) is 17.9 Å². The molecule has 1 amide bonds. The number of hydrogen-bond acceptors (Lipinski definition) is 3. The topological polar surface area (TPSA) is 66.8 Å². The van der Waals surface area contributed by atoms with Crippen molar-refractivity contribution in [2.45, 2.75) is 39.3 Å². The number of hydrogen-bond donors (Lipinski definition) is 1. The molecule has 1 saturated heterocycles. The van der Waals surface area contributed by atoms with Crippen LogP contribution in [0.3, 0.4) is 0 Å². The number of aryl methyl sites for hydroxylation is 1. The van der Waals surface area contributed by atoms with Gasteiger partial charge in [0.25, 0.3) is 5.91 Å². The first-order chi connectivity index (χ1) is 14.9. The van der Waals surface area contributed by atoms with Crippen LogP contribution >= 0.6 is 0 Å². The van der Waals surface area contributed by atoms with E-state index < -0.39 is 0 Å². The highest BCUT2D eigenvalue weighted by molar-refractivity contribution is 5.95. The van der Waals surface area contributed by atoms with Crippen LogP contribution in [0.2, 0.25) is 0 Å². The summed E-state index contributed by atoms with van der Waals surface area (Å²) in [4.78, 5) is 15.3. The van der Waals surface area contributed by atoms with E-state index in [1.807, 2.05) is 54.7 Å². The van der Waals surface area contributed by atoms with Crippen molar-refractivity contribution in [2.75, 3.05) is 6.54 Å². The van der Waals surface area contributed by atoms with Crippen LogP contribution in [0.4, 0.5) is 0 Å². The van der Waals surface area contributed by atoms with E-state index in [0.717, 1.165) is 52.7 Å². The molecule has 158 valence electrons. The van der Waals surface area contributed by atoms with E-state index in [2.05, 4.69) is 52.0 Å². The predicted molar refractivity (Wildman–Crippen MR) is 122 cm³/mol. The predicted octanol–water partition coefficient (Wildman–Crippen LogP) is 4.68. The fourth-order valence-corrected chi connectivity index (χ4v) is 4.87. The Kier molecular flexibility index (Phi) is 4.65.